The van der Waals surface area contributed by atoms with Gasteiger partial charge >= 0.3 is 0 Å². The largest absolute Gasteiger partial charge is 0.384 e. The normalized spacial score (nSPS) is 19.1. The number of likely N-dealkylation sites (tertiary alicyclic amines) is 1. The van der Waals surface area contributed by atoms with Crippen LogP contribution in [0.25, 0.3) is 0 Å². The Morgan fingerprint density at radius 1 is 1.47 bits per heavy atom. The highest BCUT2D eigenvalue weighted by Crippen LogP contribution is 2.27. The number of aromatic nitrogens is 1. The molecule has 0 aromatic carbocycles. The van der Waals surface area contributed by atoms with Crippen molar-refractivity contribution in [2.75, 3.05) is 18.8 Å². The number of anilines is 1. The van der Waals surface area contributed by atoms with Crippen LogP contribution in [0.2, 0.25) is 0 Å². The molecular weight excluding hydrogens is 228 g/mol. The lowest BCUT2D eigenvalue weighted by atomic mass is 10.1. The summed E-state index contributed by atoms with van der Waals surface area (Å²) < 4.78 is 26.3. The molecule has 1 saturated heterocycles. The van der Waals surface area contributed by atoms with Gasteiger partial charge in [0.2, 0.25) is 0 Å². The van der Waals surface area contributed by atoms with Gasteiger partial charge < -0.3 is 10.6 Å². The maximum atomic E-state index is 13.2. The van der Waals surface area contributed by atoms with E-state index in [-0.39, 0.29) is 12.0 Å². The molecule has 1 aliphatic heterocycles. The summed E-state index contributed by atoms with van der Waals surface area (Å²) in [5, 5.41) is 0. The molecule has 0 aliphatic carbocycles. The van der Waals surface area contributed by atoms with Gasteiger partial charge in [0.15, 0.2) is 0 Å². The number of nitrogens with zero attached hydrogens (tertiary/aromatic N) is 2. The van der Waals surface area contributed by atoms with Gasteiger partial charge in [-0.15, -0.1) is 0 Å². The van der Waals surface area contributed by atoms with E-state index >= 15 is 0 Å². The van der Waals surface area contributed by atoms with E-state index in [1.165, 1.54) is 18.3 Å². The summed E-state index contributed by atoms with van der Waals surface area (Å²) in [6, 6.07) is 2.98. The summed E-state index contributed by atoms with van der Waals surface area (Å²) in [4.78, 5) is 16.8. The Labute approximate surface area is 97.4 Å². The highest BCUT2D eigenvalue weighted by molar-refractivity contribution is 5.94. The van der Waals surface area contributed by atoms with Crippen LogP contribution in [0.4, 0.5) is 14.6 Å². The Balaban J connectivity index is 2.12. The minimum absolute atomic E-state index is 0.156. The predicted octanol–water partition coefficient (Wildman–Crippen LogP) is 1.54. The molecule has 0 radical (unpaired) electrons. The van der Waals surface area contributed by atoms with Crippen LogP contribution < -0.4 is 5.73 Å². The van der Waals surface area contributed by atoms with Crippen molar-refractivity contribution < 1.29 is 13.6 Å². The van der Waals surface area contributed by atoms with E-state index < -0.39 is 18.4 Å². The smallest absolute Gasteiger partial charge is 0.265 e. The summed E-state index contributed by atoms with van der Waals surface area (Å²) in [5.74, 6) is -2.91. The molecule has 2 N–H and O–H groups in total. The lowest BCUT2D eigenvalue weighted by Gasteiger charge is -2.32. The first-order chi connectivity index (χ1) is 7.98. The van der Waals surface area contributed by atoms with Gasteiger partial charge in [-0.1, -0.05) is 0 Å². The molecule has 0 spiro atoms. The topological polar surface area (TPSA) is 59.2 Å². The zero-order chi connectivity index (χ0) is 12.5. The van der Waals surface area contributed by atoms with Gasteiger partial charge in [0.05, 0.1) is 12.1 Å². The first-order valence-corrected chi connectivity index (χ1v) is 5.37. The number of hydrogen-bond acceptors (Lipinski definition) is 3. The van der Waals surface area contributed by atoms with E-state index in [2.05, 4.69) is 4.98 Å². The second-order valence-electron chi connectivity index (χ2n) is 4.16. The molecule has 2 rings (SSSR count). The SMILES string of the molecule is Nc1ccc(C(=O)N2CCCC(F)(F)C2)cn1. The molecule has 0 bridgehead atoms. The number of nitrogens with two attached hydrogens (primary N) is 1. The van der Waals surface area contributed by atoms with E-state index in [4.69, 9.17) is 5.73 Å². The Bertz CT molecular complexity index is 419. The summed E-state index contributed by atoms with van der Waals surface area (Å²) in [7, 11) is 0. The predicted molar refractivity (Wildman–Crippen MR) is 58.7 cm³/mol. The molecule has 6 heteroatoms. The molecule has 17 heavy (non-hydrogen) atoms. The zero-order valence-corrected chi connectivity index (χ0v) is 9.20. The van der Waals surface area contributed by atoms with Gasteiger partial charge in [-0.3, -0.25) is 4.79 Å². The van der Waals surface area contributed by atoms with Crippen molar-refractivity contribution >= 4 is 11.7 Å². The van der Waals surface area contributed by atoms with E-state index in [0.29, 0.717) is 18.8 Å². The number of hydrogen-bond donors (Lipinski definition) is 1. The van der Waals surface area contributed by atoms with E-state index in [9.17, 15) is 13.6 Å². The van der Waals surface area contributed by atoms with E-state index in [1.807, 2.05) is 0 Å². The zero-order valence-electron chi connectivity index (χ0n) is 9.20. The summed E-state index contributed by atoms with van der Waals surface area (Å²) in [6.45, 7) is -0.158. The number of piperidine rings is 1. The lowest BCUT2D eigenvalue weighted by molar-refractivity contribution is -0.0560. The van der Waals surface area contributed by atoms with Crippen LogP contribution >= 0.6 is 0 Å². The quantitative estimate of drug-likeness (QED) is 0.811. The van der Waals surface area contributed by atoms with Crippen molar-refractivity contribution in [1.82, 2.24) is 9.88 Å². The number of pyridine rings is 1. The molecule has 1 fully saturated rings. The van der Waals surface area contributed by atoms with Crippen molar-refractivity contribution in [3.8, 4) is 0 Å². The third-order valence-corrected chi connectivity index (χ3v) is 2.71. The standard InChI is InChI=1S/C11H13F2N3O/c12-11(13)4-1-5-16(7-11)10(17)8-2-3-9(14)15-6-8/h2-3,6H,1,4-5,7H2,(H2,14,15). The Morgan fingerprint density at radius 3 is 2.82 bits per heavy atom. The minimum atomic E-state index is -2.78. The summed E-state index contributed by atoms with van der Waals surface area (Å²) in [5.41, 5.74) is 5.68. The molecular formula is C11H13F2N3O. The maximum Gasteiger partial charge on any atom is 0.265 e. The van der Waals surface area contributed by atoms with Crippen LogP contribution in [0.1, 0.15) is 23.2 Å². The number of amides is 1. The van der Waals surface area contributed by atoms with Gasteiger partial charge in [-0.05, 0) is 18.6 Å². The lowest BCUT2D eigenvalue weighted by Crippen LogP contribution is -2.45. The highest BCUT2D eigenvalue weighted by Gasteiger charge is 2.37. The number of rotatable bonds is 1. The van der Waals surface area contributed by atoms with Gasteiger partial charge in [0, 0.05) is 19.2 Å². The van der Waals surface area contributed by atoms with Crippen molar-refractivity contribution in [2.45, 2.75) is 18.8 Å². The summed E-state index contributed by atoms with van der Waals surface area (Å²) in [6.07, 6.45) is 1.47. The van der Waals surface area contributed by atoms with Crippen molar-refractivity contribution in [3.63, 3.8) is 0 Å². The van der Waals surface area contributed by atoms with E-state index in [0.717, 1.165) is 4.90 Å². The third kappa shape index (κ3) is 2.69. The van der Waals surface area contributed by atoms with Crippen LogP contribution in [-0.4, -0.2) is 34.8 Å². The Morgan fingerprint density at radius 2 is 2.24 bits per heavy atom. The average molecular weight is 241 g/mol. The fourth-order valence-corrected chi connectivity index (χ4v) is 1.85. The molecule has 1 aromatic rings. The van der Waals surface area contributed by atoms with E-state index in [1.54, 1.807) is 0 Å². The molecule has 1 aliphatic rings. The number of carbonyl (C=O) groups is 1. The Hall–Kier alpha value is -1.72. The van der Waals surface area contributed by atoms with Crippen LogP contribution in [0.3, 0.4) is 0 Å². The van der Waals surface area contributed by atoms with Crippen LogP contribution in [-0.2, 0) is 0 Å². The number of carbonyl (C=O) groups excluding carboxylic acids is 1. The number of halogens is 2. The highest BCUT2D eigenvalue weighted by atomic mass is 19.3. The van der Waals surface area contributed by atoms with Crippen LogP contribution in [0.15, 0.2) is 18.3 Å². The third-order valence-electron chi connectivity index (χ3n) is 2.71. The minimum Gasteiger partial charge on any atom is -0.384 e. The second kappa shape index (κ2) is 4.27. The molecule has 0 saturated carbocycles. The molecule has 4 nitrogen and oxygen atoms in total. The molecule has 1 aromatic heterocycles. The fraction of sp³-hybridized carbons (Fsp3) is 0.455. The second-order valence-corrected chi connectivity index (χ2v) is 4.16. The average Bonchev–Trinajstić information content (AvgIpc) is 2.28. The van der Waals surface area contributed by atoms with Crippen molar-refractivity contribution in [2.24, 2.45) is 0 Å². The monoisotopic (exact) mass is 241 g/mol. The Kier molecular flexibility index (Phi) is 2.95. The van der Waals surface area contributed by atoms with Crippen LogP contribution in [0, 0.1) is 0 Å². The molecule has 0 unspecified atom stereocenters. The van der Waals surface area contributed by atoms with Crippen molar-refractivity contribution in [3.05, 3.63) is 23.9 Å². The maximum absolute atomic E-state index is 13.2. The van der Waals surface area contributed by atoms with Gasteiger partial charge in [-0.25, -0.2) is 13.8 Å². The number of alkyl halides is 2. The van der Waals surface area contributed by atoms with Gasteiger partial charge in [0.1, 0.15) is 5.82 Å². The number of nitrogen functional groups attached to an aromatic ring is 1. The van der Waals surface area contributed by atoms with Crippen molar-refractivity contribution in [1.29, 1.82) is 0 Å². The van der Waals surface area contributed by atoms with Gasteiger partial charge in [-0.2, -0.15) is 0 Å². The molecule has 92 valence electrons. The summed E-state index contributed by atoms with van der Waals surface area (Å²) >= 11 is 0. The fourth-order valence-electron chi connectivity index (χ4n) is 1.85. The molecule has 0 atom stereocenters. The molecule has 2 heterocycles. The first kappa shape index (κ1) is 11.8. The first-order valence-electron chi connectivity index (χ1n) is 5.37. The molecule has 1 amide bonds. The van der Waals surface area contributed by atoms with Crippen LogP contribution in [0.5, 0.6) is 0 Å². The van der Waals surface area contributed by atoms with Gasteiger partial charge in [0.25, 0.3) is 11.8 Å².